The Morgan fingerprint density at radius 3 is 2.70 bits per heavy atom. The van der Waals surface area contributed by atoms with Crippen molar-refractivity contribution >= 4 is 18.5 Å². The second-order valence-electron chi connectivity index (χ2n) is 1.97. The number of thiol groups is 1. The fourth-order valence-electron chi connectivity index (χ4n) is 0.549. The molecule has 0 unspecified atom stereocenters. The number of carbonyl (C=O) groups excluding carboxylic acids is 1. The van der Waals surface area contributed by atoms with Crippen molar-refractivity contribution in [1.82, 2.24) is 10.6 Å². The first kappa shape index (κ1) is 9.78. The van der Waals surface area contributed by atoms with Gasteiger partial charge >= 0.3 is 0 Å². The highest BCUT2D eigenvalue weighted by Crippen LogP contribution is 1.75. The summed E-state index contributed by atoms with van der Waals surface area (Å²) in [6.07, 6.45) is 0.968. The summed E-state index contributed by atoms with van der Waals surface area (Å²) in [5, 5.41) is 5.70. The highest BCUT2D eigenvalue weighted by Gasteiger charge is 1.93. The van der Waals surface area contributed by atoms with Crippen LogP contribution in [-0.4, -0.2) is 31.8 Å². The highest BCUT2D eigenvalue weighted by atomic mass is 32.1. The zero-order chi connectivity index (χ0) is 7.82. The Hall–Kier alpha value is -0.220. The van der Waals surface area contributed by atoms with Gasteiger partial charge in [-0.2, -0.15) is 12.6 Å². The fourth-order valence-corrected chi connectivity index (χ4v) is 0.661. The van der Waals surface area contributed by atoms with Gasteiger partial charge in [-0.15, -0.1) is 0 Å². The van der Waals surface area contributed by atoms with Crippen LogP contribution in [-0.2, 0) is 4.79 Å². The van der Waals surface area contributed by atoms with E-state index in [0.29, 0.717) is 0 Å². The van der Waals surface area contributed by atoms with Crippen molar-refractivity contribution in [2.45, 2.75) is 6.42 Å². The third-order valence-electron chi connectivity index (χ3n) is 1.07. The van der Waals surface area contributed by atoms with E-state index in [0.717, 1.165) is 19.5 Å². The van der Waals surface area contributed by atoms with Crippen LogP contribution in [0.15, 0.2) is 0 Å². The van der Waals surface area contributed by atoms with Gasteiger partial charge in [-0.05, 0) is 20.0 Å². The van der Waals surface area contributed by atoms with Gasteiger partial charge in [0.1, 0.15) is 0 Å². The maximum Gasteiger partial charge on any atom is 0.229 e. The molecule has 0 aromatic heterocycles. The molecule has 0 aliphatic carbocycles. The molecule has 0 saturated carbocycles. The quantitative estimate of drug-likeness (QED) is 0.382. The van der Waals surface area contributed by atoms with Crippen LogP contribution in [0.3, 0.4) is 0 Å². The molecule has 0 aromatic carbocycles. The minimum absolute atomic E-state index is 0.000522. The van der Waals surface area contributed by atoms with Crippen LogP contribution in [0.4, 0.5) is 0 Å². The zero-order valence-corrected chi connectivity index (χ0v) is 7.08. The van der Waals surface area contributed by atoms with E-state index in [1.807, 2.05) is 7.05 Å². The van der Waals surface area contributed by atoms with Gasteiger partial charge in [0.05, 0.1) is 5.75 Å². The van der Waals surface area contributed by atoms with Crippen molar-refractivity contribution in [2.24, 2.45) is 0 Å². The summed E-state index contributed by atoms with van der Waals surface area (Å²) < 4.78 is 0. The molecule has 0 rings (SSSR count). The minimum atomic E-state index is -0.000522. The molecule has 0 fully saturated rings. The smallest absolute Gasteiger partial charge is 0.229 e. The number of rotatable bonds is 5. The van der Waals surface area contributed by atoms with Crippen molar-refractivity contribution in [3.8, 4) is 0 Å². The van der Waals surface area contributed by atoms with Gasteiger partial charge in [-0.1, -0.05) is 0 Å². The van der Waals surface area contributed by atoms with Crippen LogP contribution < -0.4 is 10.6 Å². The van der Waals surface area contributed by atoms with Gasteiger partial charge in [-0.3, -0.25) is 4.79 Å². The summed E-state index contributed by atoms with van der Waals surface area (Å²) in [6, 6.07) is 0. The van der Waals surface area contributed by atoms with E-state index >= 15 is 0 Å². The van der Waals surface area contributed by atoms with Crippen molar-refractivity contribution in [1.29, 1.82) is 0 Å². The zero-order valence-electron chi connectivity index (χ0n) is 6.18. The van der Waals surface area contributed by atoms with Gasteiger partial charge in [0, 0.05) is 6.54 Å². The molecule has 0 spiro atoms. The highest BCUT2D eigenvalue weighted by molar-refractivity contribution is 7.81. The van der Waals surface area contributed by atoms with Gasteiger partial charge in [0.2, 0.25) is 5.91 Å². The maximum absolute atomic E-state index is 10.6. The summed E-state index contributed by atoms with van der Waals surface area (Å²) in [5.74, 6) is 0.277. The van der Waals surface area contributed by atoms with E-state index in [1.54, 1.807) is 0 Å². The van der Waals surface area contributed by atoms with Crippen LogP contribution in [0, 0.1) is 0 Å². The molecule has 0 bridgehead atoms. The molecule has 0 aliphatic rings. The molecule has 0 heterocycles. The second-order valence-corrected chi connectivity index (χ2v) is 2.28. The van der Waals surface area contributed by atoms with E-state index in [2.05, 4.69) is 23.3 Å². The molecule has 0 saturated heterocycles. The standard InChI is InChI=1S/C6H14N2OS/c1-7-3-2-4-8-6(9)5-10/h7,10H,2-5H2,1H3,(H,8,9). The Labute approximate surface area is 67.0 Å². The molecule has 0 aromatic rings. The first-order valence-electron chi connectivity index (χ1n) is 3.33. The third kappa shape index (κ3) is 5.91. The average molecular weight is 162 g/mol. The minimum Gasteiger partial charge on any atom is -0.355 e. The first-order valence-corrected chi connectivity index (χ1v) is 3.96. The summed E-state index contributed by atoms with van der Waals surface area (Å²) in [6.45, 7) is 1.67. The topological polar surface area (TPSA) is 41.1 Å². The molecular weight excluding hydrogens is 148 g/mol. The van der Waals surface area contributed by atoms with Crippen molar-refractivity contribution in [3.05, 3.63) is 0 Å². The predicted octanol–water partition coefficient (Wildman–Crippen LogP) is -0.358. The largest absolute Gasteiger partial charge is 0.355 e. The summed E-state index contributed by atoms with van der Waals surface area (Å²) in [4.78, 5) is 10.6. The van der Waals surface area contributed by atoms with Crippen molar-refractivity contribution < 1.29 is 4.79 Å². The lowest BCUT2D eigenvalue weighted by atomic mass is 10.4. The van der Waals surface area contributed by atoms with Crippen LogP contribution in [0.1, 0.15) is 6.42 Å². The van der Waals surface area contributed by atoms with Crippen LogP contribution >= 0.6 is 12.6 Å². The molecular formula is C6H14N2OS. The van der Waals surface area contributed by atoms with Gasteiger partial charge in [0.15, 0.2) is 0 Å². The van der Waals surface area contributed by atoms with E-state index in [1.165, 1.54) is 0 Å². The van der Waals surface area contributed by atoms with Gasteiger partial charge in [-0.25, -0.2) is 0 Å². The number of carbonyl (C=O) groups is 1. The van der Waals surface area contributed by atoms with E-state index < -0.39 is 0 Å². The second kappa shape index (κ2) is 6.89. The Bertz CT molecular complexity index is 97.7. The van der Waals surface area contributed by atoms with E-state index in [4.69, 9.17) is 0 Å². The van der Waals surface area contributed by atoms with Crippen LogP contribution in [0.2, 0.25) is 0 Å². The predicted molar refractivity (Wildman–Crippen MR) is 45.4 cm³/mol. The number of hydrogen-bond acceptors (Lipinski definition) is 3. The van der Waals surface area contributed by atoms with Gasteiger partial charge in [0.25, 0.3) is 0 Å². The molecule has 10 heavy (non-hydrogen) atoms. The molecule has 2 N–H and O–H groups in total. The Morgan fingerprint density at radius 2 is 2.20 bits per heavy atom. The Kier molecular flexibility index (Phi) is 6.74. The molecule has 0 atom stereocenters. The molecule has 4 heteroatoms. The van der Waals surface area contributed by atoms with Crippen molar-refractivity contribution in [2.75, 3.05) is 25.9 Å². The molecule has 3 nitrogen and oxygen atoms in total. The molecule has 0 radical (unpaired) electrons. The fraction of sp³-hybridized carbons (Fsp3) is 0.833. The van der Waals surface area contributed by atoms with E-state index in [-0.39, 0.29) is 11.7 Å². The number of amides is 1. The summed E-state index contributed by atoms with van der Waals surface area (Å²) in [7, 11) is 1.89. The number of hydrogen-bond donors (Lipinski definition) is 3. The van der Waals surface area contributed by atoms with Crippen molar-refractivity contribution in [3.63, 3.8) is 0 Å². The first-order chi connectivity index (χ1) is 4.81. The lowest BCUT2D eigenvalue weighted by molar-refractivity contribution is -0.118. The lowest BCUT2D eigenvalue weighted by Gasteiger charge is -2.01. The summed E-state index contributed by atoms with van der Waals surface area (Å²) in [5.41, 5.74) is 0. The molecule has 0 aliphatic heterocycles. The third-order valence-corrected chi connectivity index (χ3v) is 1.36. The Balaban J connectivity index is 2.96. The summed E-state index contributed by atoms with van der Waals surface area (Å²) >= 11 is 3.81. The van der Waals surface area contributed by atoms with Crippen LogP contribution in [0.5, 0.6) is 0 Å². The monoisotopic (exact) mass is 162 g/mol. The van der Waals surface area contributed by atoms with Crippen LogP contribution in [0.25, 0.3) is 0 Å². The SMILES string of the molecule is CNCCCNC(=O)CS. The Morgan fingerprint density at radius 1 is 1.50 bits per heavy atom. The van der Waals surface area contributed by atoms with Gasteiger partial charge < -0.3 is 10.6 Å². The maximum atomic E-state index is 10.6. The number of nitrogens with one attached hydrogen (secondary N) is 2. The average Bonchev–Trinajstić information content (AvgIpc) is 1.98. The molecule has 1 amide bonds. The van der Waals surface area contributed by atoms with E-state index in [9.17, 15) is 4.79 Å². The normalized spacial score (nSPS) is 9.40. The lowest BCUT2D eigenvalue weighted by Crippen LogP contribution is -2.27. The molecule has 60 valence electrons.